The number of aryl methyl sites for hydroxylation is 3. The molecule has 0 amide bonds. The first-order chi connectivity index (χ1) is 13.6. The molecule has 0 saturated carbocycles. The number of anilines is 1. The minimum absolute atomic E-state index is 1.01. The van der Waals surface area contributed by atoms with Crippen molar-refractivity contribution in [3.05, 3.63) is 95.1 Å². The van der Waals surface area contributed by atoms with Crippen LogP contribution < -0.4 is 4.30 Å². The molecule has 3 aromatic rings. The summed E-state index contributed by atoms with van der Waals surface area (Å²) in [6.07, 6.45) is 3.11. The summed E-state index contributed by atoms with van der Waals surface area (Å²) in [5.74, 6) is 0. The van der Waals surface area contributed by atoms with Gasteiger partial charge in [0.05, 0.1) is 5.69 Å². The molecular formula is C25H29AlN2. The van der Waals surface area contributed by atoms with Crippen LogP contribution in [0.2, 0.25) is 10.6 Å². The SMILES string of the molecule is C[CH2][Al]([CH2]Cc1ccccc1C=Nc1cccc(C)c1)[NH]c1ccc(C)cc1. The van der Waals surface area contributed by atoms with Gasteiger partial charge in [-0.1, -0.05) is 71.6 Å². The van der Waals surface area contributed by atoms with Crippen molar-refractivity contribution in [3.8, 4) is 0 Å². The number of nitrogens with zero attached hydrogens (tertiary/aromatic N) is 1. The molecule has 3 heteroatoms. The molecular weight excluding hydrogens is 355 g/mol. The maximum atomic E-state index is 4.69. The third-order valence-electron chi connectivity index (χ3n) is 5.09. The largest absolute Gasteiger partial charge is 0.476 e. The van der Waals surface area contributed by atoms with Crippen LogP contribution in [0.5, 0.6) is 0 Å². The van der Waals surface area contributed by atoms with Crippen LogP contribution in [0.25, 0.3) is 0 Å². The summed E-state index contributed by atoms with van der Waals surface area (Å²) in [5, 5.41) is 2.48. The number of nitrogens with one attached hydrogen (secondary N) is 1. The van der Waals surface area contributed by atoms with Crippen LogP contribution in [0.15, 0.2) is 77.8 Å². The Morgan fingerprint density at radius 2 is 1.68 bits per heavy atom. The van der Waals surface area contributed by atoms with E-state index in [9.17, 15) is 0 Å². The lowest BCUT2D eigenvalue weighted by Gasteiger charge is -2.14. The van der Waals surface area contributed by atoms with Crippen molar-refractivity contribution < 1.29 is 0 Å². The van der Waals surface area contributed by atoms with Crippen molar-refractivity contribution in [1.82, 2.24) is 0 Å². The highest BCUT2D eigenvalue weighted by Gasteiger charge is 2.17. The number of aliphatic imine (C=N–C) groups is 1. The Bertz CT molecular complexity index is 916. The van der Waals surface area contributed by atoms with Crippen molar-refractivity contribution in [3.63, 3.8) is 0 Å². The van der Waals surface area contributed by atoms with Crippen LogP contribution in [0.4, 0.5) is 11.4 Å². The monoisotopic (exact) mass is 384 g/mol. The molecule has 2 nitrogen and oxygen atoms in total. The average Bonchev–Trinajstić information content (AvgIpc) is 2.71. The molecule has 1 N–H and O–H groups in total. The fourth-order valence-corrected chi connectivity index (χ4v) is 5.41. The summed E-state index contributed by atoms with van der Waals surface area (Å²) in [4.78, 5) is 4.69. The first kappa shape index (κ1) is 20.4. The topological polar surface area (TPSA) is 24.4 Å². The fraction of sp³-hybridized carbons (Fsp3) is 0.240. The smallest absolute Gasteiger partial charge is 0.411 e. The van der Waals surface area contributed by atoms with E-state index < -0.39 is 14.4 Å². The molecule has 142 valence electrons. The molecule has 0 bridgehead atoms. The summed E-state index contributed by atoms with van der Waals surface area (Å²) in [5.41, 5.74) is 7.43. The third-order valence-corrected chi connectivity index (χ3v) is 7.80. The van der Waals surface area contributed by atoms with Crippen molar-refractivity contribution in [2.45, 2.75) is 37.8 Å². The molecule has 28 heavy (non-hydrogen) atoms. The van der Waals surface area contributed by atoms with E-state index in [0.29, 0.717) is 0 Å². The minimum atomic E-state index is -1.03. The summed E-state index contributed by atoms with van der Waals surface area (Å²) in [6, 6.07) is 25.7. The Morgan fingerprint density at radius 1 is 0.893 bits per heavy atom. The van der Waals surface area contributed by atoms with Gasteiger partial charge in [-0.05, 0) is 61.2 Å². The van der Waals surface area contributed by atoms with Crippen LogP contribution >= 0.6 is 0 Å². The molecule has 0 fully saturated rings. The molecule has 0 aromatic heterocycles. The first-order valence-corrected chi connectivity index (χ1v) is 12.4. The van der Waals surface area contributed by atoms with Gasteiger partial charge in [-0.3, -0.25) is 4.99 Å². The van der Waals surface area contributed by atoms with Crippen molar-refractivity contribution in [2.75, 3.05) is 4.30 Å². The van der Waals surface area contributed by atoms with Gasteiger partial charge in [0, 0.05) is 11.9 Å². The highest BCUT2D eigenvalue weighted by molar-refractivity contribution is 6.62. The van der Waals surface area contributed by atoms with Gasteiger partial charge in [0.2, 0.25) is 0 Å². The van der Waals surface area contributed by atoms with Crippen molar-refractivity contribution in [2.24, 2.45) is 4.99 Å². The van der Waals surface area contributed by atoms with E-state index >= 15 is 0 Å². The maximum Gasteiger partial charge on any atom is 0.411 e. The molecule has 0 aliphatic heterocycles. The predicted octanol–water partition coefficient (Wildman–Crippen LogP) is 6.72. The van der Waals surface area contributed by atoms with Gasteiger partial charge in [0.25, 0.3) is 0 Å². The van der Waals surface area contributed by atoms with Crippen LogP contribution in [0.3, 0.4) is 0 Å². The molecule has 0 saturated heterocycles. The molecule has 3 aromatic carbocycles. The molecule has 0 spiro atoms. The van der Waals surface area contributed by atoms with Gasteiger partial charge >= 0.3 is 14.4 Å². The Morgan fingerprint density at radius 3 is 2.43 bits per heavy atom. The zero-order chi connectivity index (χ0) is 19.8. The number of rotatable bonds is 8. The van der Waals surface area contributed by atoms with E-state index in [1.807, 2.05) is 6.21 Å². The van der Waals surface area contributed by atoms with E-state index in [-0.39, 0.29) is 0 Å². The predicted molar refractivity (Wildman–Crippen MR) is 124 cm³/mol. The first-order valence-electron chi connectivity index (χ1n) is 10.2. The van der Waals surface area contributed by atoms with Gasteiger partial charge in [0.15, 0.2) is 0 Å². The Hall–Kier alpha value is -2.34. The van der Waals surface area contributed by atoms with E-state index in [1.54, 1.807) is 0 Å². The van der Waals surface area contributed by atoms with Crippen LogP contribution in [-0.4, -0.2) is 20.6 Å². The lowest BCUT2D eigenvalue weighted by Crippen LogP contribution is -2.24. The zero-order valence-electron chi connectivity index (χ0n) is 17.2. The molecule has 3 rings (SSSR count). The average molecular weight is 385 g/mol. The third kappa shape index (κ3) is 6.09. The highest BCUT2D eigenvalue weighted by atomic mass is 27.2. The molecule has 0 aliphatic carbocycles. The van der Waals surface area contributed by atoms with Gasteiger partial charge in [-0.2, -0.15) is 0 Å². The summed E-state index contributed by atoms with van der Waals surface area (Å²) < 4.78 is 3.81. The Labute approximate surface area is 174 Å². The summed E-state index contributed by atoms with van der Waals surface area (Å²) >= 11 is -1.03. The fourth-order valence-electron chi connectivity index (χ4n) is 3.33. The number of hydrogen-bond acceptors (Lipinski definition) is 2. The molecule has 0 atom stereocenters. The van der Waals surface area contributed by atoms with E-state index in [2.05, 4.69) is 97.9 Å². The van der Waals surface area contributed by atoms with Crippen LogP contribution in [0, 0.1) is 13.8 Å². The van der Waals surface area contributed by atoms with E-state index in [0.717, 1.165) is 12.1 Å². The van der Waals surface area contributed by atoms with Crippen molar-refractivity contribution in [1.29, 1.82) is 0 Å². The molecule has 0 heterocycles. The van der Waals surface area contributed by atoms with Crippen LogP contribution in [0.1, 0.15) is 29.2 Å². The summed E-state index contributed by atoms with van der Waals surface area (Å²) in [7, 11) is 0. The highest BCUT2D eigenvalue weighted by Crippen LogP contribution is 2.17. The second-order valence-electron chi connectivity index (χ2n) is 7.45. The molecule has 0 unspecified atom stereocenters. The van der Waals surface area contributed by atoms with Crippen molar-refractivity contribution >= 4 is 32.0 Å². The van der Waals surface area contributed by atoms with Gasteiger partial charge in [-0.25, -0.2) is 0 Å². The maximum absolute atomic E-state index is 4.69. The summed E-state index contributed by atoms with van der Waals surface area (Å²) in [6.45, 7) is 6.54. The second kappa shape index (κ2) is 10.3. The molecule has 0 aliphatic rings. The normalized spacial score (nSPS) is 11.0. The quantitative estimate of drug-likeness (QED) is 0.338. The van der Waals surface area contributed by atoms with E-state index in [1.165, 1.54) is 38.5 Å². The van der Waals surface area contributed by atoms with E-state index in [4.69, 9.17) is 4.99 Å². The second-order valence-corrected chi connectivity index (χ2v) is 10.5. The zero-order valence-corrected chi connectivity index (χ0v) is 18.3. The lowest BCUT2D eigenvalue weighted by atomic mass is 10.1. The van der Waals surface area contributed by atoms with Gasteiger partial charge in [-0.15, -0.1) is 0 Å². The van der Waals surface area contributed by atoms with Gasteiger partial charge < -0.3 is 4.30 Å². The van der Waals surface area contributed by atoms with Gasteiger partial charge in [0.1, 0.15) is 0 Å². The minimum Gasteiger partial charge on any atom is -0.476 e. The standard InChI is InChI=1S/C16H16N.C7H8N.C2H5.Al/c1-3-14-8-4-5-9-15(14)12-17-16-10-6-7-13(2)11-16;1-6-2-4-7(8)5-3-6;1-2;/h4-12H,1,3H2,2H3;2-5,8H,1H3;1H2,2H3;/q;-1;;+1. The van der Waals surface area contributed by atoms with Crippen LogP contribution in [-0.2, 0) is 6.42 Å². The molecule has 0 radical (unpaired) electrons. The Kier molecular flexibility index (Phi) is 7.48. The number of benzene rings is 3. The lowest BCUT2D eigenvalue weighted by molar-refractivity contribution is 1.09. The number of hydrogen-bond donors (Lipinski definition) is 1. The Balaban J connectivity index is 1.66.